The van der Waals surface area contributed by atoms with Crippen LogP contribution in [0.3, 0.4) is 0 Å². The predicted molar refractivity (Wildman–Crippen MR) is 99.3 cm³/mol. The normalized spacial score (nSPS) is 20.5. The highest BCUT2D eigenvalue weighted by Crippen LogP contribution is 2.38. The molecule has 2 rings (SSSR count). The van der Waals surface area contributed by atoms with E-state index in [9.17, 15) is 28.7 Å². The number of amides is 2. The molecule has 1 fully saturated rings. The summed E-state index contributed by atoms with van der Waals surface area (Å²) in [6.45, 7) is 6.26. The number of non-ortho nitro benzene ring substituents is 1. The molecular formula is C16H16ClN3O7S. The van der Waals surface area contributed by atoms with E-state index in [4.69, 9.17) is 15.4 Å². The summed E-state index contributed by atoms with van der Waals surface area (Å²) in [6, 6.07) is 3.32. The van der Waals surface area contributed by atoms with E-state index in [0.29, 0.717) is 0 Å². The molecule has 10 nitrogen and oxygen atoms in total. The van der Waals surface area contributed by atoms with Gasteiger partial charge < -0.3 is 10.1 Å². The second-order valence-electron chi connectivity index (χ2n) is 6.05. The lowest BCUT2D eigenvalue weighted by molar-refractivity contribution is -0.384. The quantitative estimate of drug-likeness (QED) is 0.131. The second-order valence-corrected chi connectivity index (χ2v) is 8.01. The van der Waals surface area contributed by atoms with Crippen molar-refractivity contribution in [3.8, 4) is 5.75 Å². The molecule has 3 atom stereocenters. The van der Waals surface area contributed by atoms with Gasteiger partial charge in [-0.25, -0.2) is 9.00 Å². The van der Waals surface area contributed by atoms with Crippen LogP contribution in [0.25, 0.3) is 0 Å². The zero-order valence-corrected chi connectivity index (χ0v) is 16.4. The number of nitro groups is 1. The van der Waals surface area contributed by atoms with Crippen molar-refractivity contribution in [1.29, 1.82) is 0 Å². The molecule has 0 aliphatic carbocycles. The van der Waals surface area contributed by atoms with Crippen molar-refractivity contribution in [2.75, 3.05) is 0 Å². The molecule has 0 spiro atoms. The van der Waals surface area contributed by atoms with Crippen LogP contribution in [0.2, 0.25) is 0 Å². The number of nitrogens with zero attached hydrogens (tertiary/aromatic N) is 2. The van der Waals surface area contributed by atoms with E-state index in [1.54, 1.807) is 0 Å². The third-order valence-corrected chi connectivity index (χ3v) is 5.64. The van der Waals surface area contributed by atoms with Gasteiger partial charge in [-0.05, 0) is 35.3 Å². The maximum absolute atomic E-state index is 12.7. The summed E-state index contributed by atoms with van der Waals surface area (Å²) in [5, 5.41) is 13.1. The number of ether oxygens (including phenoxy) is 1. The number of hydrogen-bond acceptors (Lipinski definition) is 7. The average molecular weight is 430 g/mol. The lowest BCUT2D eigenvalue weighted by Gasteiger charge is -2.51. The lowest BCUT2D eigenvalue weighted by atomic mass is 9.99. The summed E-state index contributed by atoms with van der Waals surface area (Å²) in [5.74, 6) is -2.15. The molecule has 1 aliphatic rings. The van der Waals surface area contributed by atoms with E-state index >= 15 is 0 Å². The number of rotatable bonds is 7. The molecule has 3 unspecified atom stereocenters. The SMILES string of the molecule is C=C(C)C(C(=O)Oc1ccc([N+](=O)[O-])cc1)N1C(=O)CC1(NC(C)=O)S(=O)Cl. The number of nitro benzene ring substituents is 1. The van der Waals surface area contributed by atoms with Gasteiger partial charge in [0, 0.05) is 19.1 Å². The lowest BCUT2D eigenvalue weighted by Crippen LogP contribution is -2.76. The minimum absolute atomic E-state index is 0.00746. The molecule has 1 N–H and O–H groups in total. The number of esters is 1. The van der Waals surface area contributed by atoms with Gasteiger partial charge in [-0.15, -0.1) is 0 Å². The first-order valence-electron chi connectivity index (χ1n) is 7.80. The fourth-order valence-corrected chi connectivity index (χ4v) is 4.05. The fraction of sp³-hybridized carbons (Fsp3) is 0.312. The number of likely N-dealkylation sites (tertiary alicyclic amines) is 1. The highest BCUT2D eigenvalue weighted by Gasteiger charge is 2.60. The van der Waals surface area contributed by atoms with E-state index < -0.39 is 43.8 Å². The van der Waals surface area contributed by atoms with Crippen LogP contribution in [-0.4, -0.2) is 42.9 Å². The van der Waals surface area contributed by atoms with Crippen LogP contribution in [0.4, 0.5) is 5.69 Å². The molecule has 2 amide bonds. The molecule has 0 aromatic heterocycles. The van der Waals surface area contributed by atoms with Crippen LogP contribution < -0.4 is 10.1 Å². The summed E-state index contributed by atoms with van der Waals surface area (Å²) < 4.78 is 17.3. The molecule has 1 aromatic carbocycles. The molecule has 1 heterocycles. The zero-order valence-electron chi connectivity index (χ0n) is 14.8. The summed E-state index contributed by atoms with van der Waals surface area (Å²) in [6.07, 6.45) is -0.364. The van der Waals surface area contributed by atoms with Crippen molar-refractivity contribution >= 4 is 44.2 Å². The Morgan fingerprint density at radius 3 is 2.36 bits per heavy atom. The maximum Gasteiger partial charge on any atom is 0.338 e. The third-order valence-electron chi connectivity index (χ3n) is 3.90. The Labute approximate surface area is 166 Å². The number of hydrogen-bond donors (Lipinski definition) is 1. The van der Waals surface area contributed by atoms with Gasteiger partial charge >= 0.3 is 5.97 Å². The van der Waals surface area contributed by atoms with E-state index in [0.717, 1.165) is 24.0 Å². The second kappa shape index (κ2) is 8.07. The monoisotopic (exact) mass is 429 g/mol. The van der Waals surface area contributed by atoms with E-state index in [2.05, 4.69) is 11.9 Å². The Morgan fingerprint density at radius 1 is 1.39 bits per heavy atom. The first-order valence-corrected chi connectivity index (χ1v) is 9.78. The Bertz CT molecular complexity index is 889. The Balaban J connectivity index is 2.32. The van der Waals surface area contributed by atoms with Gasteiger partial charge in [-0.1, -0.05) is 6.58 Å². The van der Waals surface area contributed by atoms with Crippen molar-refractivity contribution in [3.63, 3.8) is 0 Å². The molecule has 28 heavy (non-hydrogen) atoms. The van der Waals surface area contributed by atoms with Crippen molar-refractivity contribution in [2.45, 2.75) is 31.3 Å². The number of carbonyl (C=O) groups is 3. The van der Waals surface area contributed by atoms with E-state index in [1.807, 2.05) is 0 Å². The number of nitrogens with one attached hydrogen (secondary N) is 1. The van der Waals surface area contributed by atoms with E-state index in [1.165, 1.54) is 19.1 Å². The van der Waals surface area contributed by atoms with Crippen LogP contribution >= 0.6 is 10.7 Å². The summed E-state index contributed by atoms with van der Waals surface area (Å²) in [4.78, 5) is 45.6. The molecule has 0 bridgehead atoms. The standard InChI is InChI=1S/C16H16ClN3O7S/c1-9(2)14(15(23)27-12-6-4-11(5-7-12)20(24)25)19-13(22)8-16(19,28(17)26)18-10(3)21/h4-7,14H,1,8H2,2-3H3,(H,18,21). The molecular weight excluding hydrogens is 414 g/mol. The zero-order chi connectivity index (χ0) is 21.2. The Morgan fingerprint density at radius 2 is 1.96 bits per heavy atom. The Hall–Kier alpha value is -2.79. The molecule has 1 aromatic rings. The number of β-lactam (4-membered cyclic amide) rings is 1. The molecule has 12 heteroatoms. The van der Waals surface area contributed by atoms with Crippen LogP contribution in [0.15, 0.2) is 36.4 Å². The van der Waals surface area contributed by atoms with Crippen LogP contribution in [0.1, 0.15) is 20.3 Å². The summed E-state index contributed by atoms with van der Waals surface area (Å²) in [5.41, 5.74) is -0.0202. The van der Waals surface area contributed by atoms with Crippen LogP contribution in [0.5, 0.6) is 5.75 Å². The van der Waals surface area contributed by atoms with Crippen molar-refractivity contribution in [2.24, 2.45) is 0 Å². The molecule has 1 saturated heterocycles. The van der Waals surface area contributed by atoms with Gasteiger partial charge in [0.15, 0.2) is 16.1 Å². The minimum atomic E-state index is -2.24. The van der Waals surface area contributed by atoms with Gasteiger partial charge in [-0.2, -0.15) is 0 Å². The van der Waals surface area contributed by atoms with Crippen LogP contribution in [-0.2, 0) is 24.4 Å². The van der Waals surface area contributed by atoms with E-state index in [-0.39, 0.29) is 23.4 Å². The smallest absolute Gasteiger partial charge is 0.338 e. The van der Waals surface area contributed by atoms with Crippen molar-refractivity contribution < 1.29 is 28.3 Å². The fourth-order valence-electron chi connectivity index (χ4n) is 2.73. The summed E-state index contributed by atoms with van der Waals surface area (Å²) in [7, 11) is 3.48. The van der Waals surface area contributed by atoms with Gasteiger partial charge in [0.2, 0.25) is 16.8 Å². The molecule has 150 valence electrons. The van der Waals surface area contributed by atoms with Crippen LogP contribution in [0, 0.1) is 10.1 Å². The number of halogens is 1. The maximum atomic E-state index is 12.7. The highest BCUT2D eigenvalue weighted by atomic mass is 35.7. The topological polar surface area (TPSA) is 136 Å². The molecule has 0 radical (unpaired) electrons. The summed E-state index contributed by atoms with van der Waals surface area (Å²) >= 11 is 0. The predicted octanol–water partition coefficient (Wildman–Crippen LogP) is 1.37. The number of carbonyl (C=O) groups excluding carboxylic acids is 3. The van der Waals surface area contributed by atoms with Gasteiger partial charge in [0.05, 0.1) is 11.3 Å². The first kappa shape index (κ1) is 21.5. The minimum Gasteiger partial charge on any atom is -0.425 e. The van der Waals surface area contributed by atoms with Crippen molar-refractivity contribution in [1.82, 2.24) is 10.2 Å². The molecule has 1 aliphatic heterocycles. The van der Waals surface area contributed by atoms with Gasteiger partial charge in [0.1, 0.15) is 5.75 Å². The molecule has 0 saturated carbocycles. The van der Waals surface area contributed by atoms with Gasteiger partial charge in [-0.3, -0.25) is 24.6 Å². The van der Waals surface area contributed by atoms with Gasteiger partial charge in [0.25, 0.3) is 5.69 Å². The highest BCUT2D eigenvalue weighted by molar-refractivity contribution is 8.09. The first-order chi connectivity index (χ1) is 13.0. The van der Waals surface area contributed by atoms with Crippen molar-refractivity contribution in [3.05, 3.63) is 46.5 Å². The largest absolute Gasteiger partial charge is 0.425 e. The average Bonchev–Trinajstić information content (AvgIpc) is 2.58. The third kappa shape index (κ3) is 4.04. The number of benzene rings is 1. The Kier molecular flexibility index (Phi) is 6.20.